The molecule has 1 amide bonds. The number of rotatable bonds is 3. The molecule has 1 saturated carbocycles. The van der Waals surface area contributed by atoms with Crippen LogP contribution in [0.5, 0.6) is 0 Å². The molecular formula is C20H21NO2. The standard InChI is InChI=1S/C20H21NO2/c22-19-18(16-12-7-13-20(16,23)21-19)17(14-8-3-1-4-9-14)15-10-5-2-6-11-15/h1-6,8-11,16-18,23H,7,12-13H2,(H,21,22)/t16-,18+,20+/m0/s1. The lowest BCUT2D eigenvalue weighted by atomic mass is 9.74. The molecule has 1 saturated heterocycles. The van der Waals surface area contributed by atoms with Gasteiger partial charge in [0.25, 0.3) is 0 Å². The first-order chi connectivity index (χ1) is 11.2. The molecule has 1 aliphatic heterocycles. The largest absolute Gasteiger partial charge is 0.371 e. The Bertz CT molecular complexity index is 661. The van der Waals surface area contributed by atoms with Crippen LogP contribution in [0.4, 0.5) is 0 Å². The monoisotopic (exact) mass is 307 g/mol. The van der Waals surface area contributed by atoms with Crippen molar-refractivity contribution < 1.29 is 9.90 Å². The Hall–Kier alpha value is -2.13. The van der Waals surface area contributed by atoms with Crippen molar-refractivity contribution in [1.82, 2.24) is 5.32 Å². The van der Waals surface area contributed by atoms with E-state index in [9.17, 15) is 9.90 Å². The van der Waals surface area contributed by atoms with Crippen LogP contribution in [-0.2, 0) is 4.79 Å². The summed E-state index contributed by atoms with van der Waals surface area (Å²) in [6.45, 7) is 0. The van der Waals surface area contributed by atoms with Crippen LogP contribution in [0.1, 0.15) is 36.3 Å². The lowest BCUT2D eigenvalue weighted by molar-refractivity contribution is -0.124. The van der Waals surface area contributed by atoms with Gasteiger partial charge in [-0.3, -0.25) is 4.79 Å². The SMILES string of the molecule is O=C1N[C@@]2(O)CCC[C@H]2[C@@H]1C(c1ccccc1)c1ccccc1. The van der Waals surface area contributed by atoms with Gasteiger partial charge in [-0.2, -0.15) is 0 Å². The topological polar surface area (TPSA) is 49.3 Å². The number of carbonyl (C=O) groups excluding carboxylic acids is 1. The molecule has 3 nitrogen and oxygen atoms in total. The first kappa shape index (κ1) is 14.5. The second-order valence-electron chi connectivity index (χ2n) is 6.74. The summed E-state index contributed by atoms with van der Waals surface area (Å²) in [6.07, 6.45) is 2.53. The minimum Gasteiger partial charge on any atom is -0.371 e. The van der Waals surface area contributed by atoms with E-state index in [1.54, 1.807) is 0 Å². The number of nitrogens with one attached hydrogen (secondary N) is 1. The highest BCUT2D eigenvalue weighted by molar-refractivity contribution is 5.84. The van der Waals surface area contributed by atoms with E-state index in [0.29, 0.717) is 6.42 Å². The minimum absolute atomic E-state index is 0.0135. The van der Waals surface area contributed by atoms with Gasteiger partial charge in [0, 0.05) is 11.8 Å². The van der Waals surface area contributed by atoms with E-state index in [1.807, 2.05) is 36.4 Å². The molecule has 0 unspecified atom stereocenters. The van der Waals surface area contributed by atoms with E-state index >= 15 is 0 Å². The van der Waals surface area contributed by atoms with Gasteiger partial charge in [0.05, 0.1) is 5.92 Å². The molecule has 4 rings (SSSR count). The van der Waals surface area contributed by atoms with Crippen LogP contribution in [0.15, 0.2) is 60.7 Å². The van der Waals surface area contributed by atoms with Crippen LogP contribution < -0.4 is 5.32 Å². The summed E-state index contributed by atoms with van der Waals surface area (Å²) in [5.74, 6) is -0.267. The lowest BCUT2D eigenvalue weighted by Gasteiger charge is -2.29. The molecular weight excluding hydrogens is 286 g/mol. The van der Waals surface area contributed by atoms with Gasteiger partial charge in [-0.05, 0) is 30.4 Å². The third-order valence-corrected chi connectivity index (χ3v) is 5.44. The maximum atomic E-state index is 12.7. The molecule has 0 spiro atoms. The molecule has 3 atom stereocenters. The van der Waals surface area contributed by atoms with Crippen LogP contribution in [0, 0.1) is 11.8 Å². The summed E-state index contributed by atoms with van der Waals surface area (Å²) >= 11 is 0. The third-order valence-electron chi connectivity index (χ3n) is 5.44. The minimum atomic E-state index is -1.01. The Labute approximate surface area is 136 Å². The van der Waals surface area contributed by atoms with Gasteiger partial charge in [-0.1, -0.05) is 60.7 Å². The number of fused-ring (bicyclic) bond motifs is 1. The van der Waals surface area contributed by atoms with Crippen LogP contribution in [0.2, 0.25) is 0 Å². The van der Waals surface area contributed by atoms with E-state index < -0.39 is 5.72 Å². The van der Waals surface area contributed by atoms with E-state index in [0.717, 1.165) is 24.0 Å². The van der Waals surface area contributed by atoms with Crippen LogP contribution in [-0.4, -0.2) is 16.7 Å². The Balaban J connectivity index is 1.81. The van der Waals surface area contributed by atoms with E-state index in [4.69, 9.17) is 0 Å². The first-order valence-corrected chi connectivity index (χ1v) is 8.33. The summed E-state index contributed by atoms with van der Waals surface area (Å²) in [5, 5.41) is 13.7. The Morgan fingerprint density at radius 3 is 2.13 bits per heavy atom. The highest BCUT2D eigenvalue weighted by Crippen LogP contribution is 2.50. The second-order valence-corrected chi connectivity index (χ2v) is 6.74. The number of amides is 1. The van der Waals surface area contributed by atoms with Crippen molar-refractivity contribution >= 4 is 5.91 Å². The molecule has 1 aliphatic carbocycles. The van der Waals surface area contributed by atoms with E-state index in [-0.39, 0.29) is 23.7 Å². The first-order valence-electron chi connectivity index (χ1n) is 8.33. The number of aliphatic hydroxyl groups is 1. The Morgan fingerprint density at radius 2 is 1.57 bits per heavy atom. The van der Waals surface area contributed by atoms with Crippen molar-refractivity contribution in [1.29, 1.82) is 0 Å². The smallest absolute Gasteiger partial charge is 0.226 e. The normalized spacial score (nSPS) is 29.6. The Kier molecular flexibility index (Phi) is 3.46. The fourth-order valence-electron chi connectivity index (χ4n) is 4.44. The fourth-order valence-corrected chi connectivity index (χ4v) is 4.44. The zero-order chi connectivity index (χ0) is 15.9. The summed E-state index contributed by atoms with van der Waals surface area (Å²) in [7, 11) is 0. The fraction of sp³-hybridized carbons (Fsp3) is 0.350. The highest BCUT2D eigenvalue weighted by Gasteiger charge is 2.57. The summed E-state index contributed by atoms with van der Waals surface area (Å²) in [4.78, 5) is 12.7. The van der Waals surface area contributed by atoms with Gasteiger partial charge in [0.15, 0.2) is 0 Å². The highest BCUT2D eigenvalue weighted by atomic mass is 16.3. The molecule has 0 bridgehead atoms. The van der Waals surface area contributed by atoms with Gasteiger partial charge in [0.2, 0.25) is 5.91 Å². The zero-order valence-electron chi connectivity index (χ0n) is 13.0. The molecule has 118 valence electrons. The second kappa shape index (κ2) is 5.50. The summed E-state index contributed by atoms with van der Waals surface area (Å²) in [5.41, 5.74) is 1.26. The number of hydrogen-bond acceptors (Lipinski definition) is 2. The van der Waals surface area contributed by atoms with Gasteiger partial charge in [0.1, 0.15) is 5.72 Å². The predicted molar refractivity (Wildman–Crippen MR) is 88.7 cm³/mol. The maximum Gasteiger partial charge on any atom is 0.226 e. The van der Waals surface area contributed by atoms with Crippen molar-refractivity contribution in [2.75, 3.05) is 0 Å². The summed E-state index contributed by atoms with van der Waals surface area (Å²) in [6, 6.07) is 20.4. The molecule has 2 aliphatic rings. The molecule has 0 radical (unpaired) electrons. The van der Waals surface area contributed by atoms with E-state index in [1.165, 1.54) is 0 Å². The third kappa shape index (κ3) is 2.36. The van der Waals surface area contributed by atoms with Gasteiger partial charge >= 0.3 is 0 Å². The molecule has 0 aromatic heterocycles. The van der Waals surface area contributed by atoms with Crippen molar-refractivity contribution in [3.05, 3.63) is 71.8 Å². The average molecular weight is 307 g/mol. The maximum absolute atomic E-state index is 12.7. The molecule has 3 heteroatoms. The molecule has 2 N–H and O–H groups in total. The van der Waals surface area contributed by atoms with E-state index in [2.05, 4.69) is 29.6 Å². The lowest BCUT2D eigenvalue weighted by Crippen LogP contribution is -2.42. The molecule has 1 heterocycles. The predicted octanol–water partition coefficient (Wildman–Crippen LogP) is 3.05. The average Bonchev–Trinajstić information content (AvgIpc) is 3.04. The zero-order valence-corrected chi connectivity index (χ0v) is 13.0. The van der Waals surface area contributed by atoms with Crippen LogP contribution >= 0.6 is 0 Å². The van der Waals surface area contributed by atoms with Crippen LogP contribution in [0.3, 0.4) is 0 Å². The number of hydrogen-bond donors (Lipinski definition) is 2. The van der Waals surface area contributed by atoms with Crippen molar-refractivity contribution in [3.8, 4) is 0 Å². The molecule has 23 heavy (non-hydrogen) atoms. The molecule has 2 fully saturated rings. The van der Waals surface area contributed by atoms with Crippen molar-refractivity contribution in [2.45, 2.75) is 30.9 Å². The Morgan fingerprint density at radius 1 is 1.00 bits per heavy atom. The van der Waals surface area contributed by atoms with Crippen molar-refractivity contribution in [3.63, 3.8) is 0 Å². The molecule has 2 aromatic carbocycles. The summed E-state index contributed by atoms with van der Waals surface area (Å²) < 4.78 is 0. The van der Waals surface area contributed by atoms with Crippen molar-refractivity contribution in [2.24, 2.45) is 11.8 Å². The number of carbonyl (C=O) groups is 1. The quantitative estimate of drug-likeness (QED) is 0.915. The van der Waals surface area contributed by atoms with Gasteiger partial charge in [-0.25, -0.2) is 0 Å². The van der Waals surface area contributed by atoms with Crippen LogP contribution in [0.25, 0.3) is 0 Å². The number of benzene rings is 2. The molecule has 2 aromatic rings. The van der Waals surface area contributed by atoms with Gasteiger partial charge < -0.3 is 10.4 Å². The van der Waals surface area contributed by atoms with Gasteiger partial charge in [-0.15, -0.1) is 0 Å².